The number of amides is 1. The molecule has 0 saturated carbocycles. The third-order valence-electron chi connectivity index (χ3n) is 5.71. The van der Waals surface area contributed by atoms with Gasteiger partial charge in [-0.25, -0.2) is 19.1 Å². The molecule has 190 valence electrons. The number of carbonyl (C=O) groups excluding carboxylic acids is 1. The number of carbonyl (C=O) groups is 1. The van der Waals surface area contributed by atoms with Crippen molar-refractivity contribution in [2.45, 2.75) is 38.3 Å². The van der Waals surface area contributed by atoms with E-state index in [0.29, 0.717) is 36.0 Å². The van der Waals surface area contributed by atoms with Crippen LogP contribution in [0.15, 0.2) is 53.6 Å². The smallest absolute Gasteiger partial charge is 0.281 e. The van der Waals surface area contributed by atoms with E-state index in [1.54, 1.807) is 12.1 Å². The summed E-state index contributed by atoms with van der Waals surface area (Å²) >= 11 is 0. The molecule has 0 spiro atoms. The summed E-state index contributed by atoms with van der Waals surface area (Å²) in [4.78, 5) is 23.4. The van der Waals surface area contributed by atoms with Crippen molar-refractivity contribution >= 4 is 27.6 Å². The first-order valence-corrected chi connectivity index (χ1v) is 13.0. The Hall–Kier alpha value is -3.73. The zero-order valence-electron chi connectivity index (χ0n) is 20.2. The Morgan fingerprint density at radius 3 is 2.64 bits per heavy atom. The molecule has 0 aliphatic carbocycles. The number of halogens is 1. The molecule has 9 nitrogen and oxygen atoms in total. The van der Waals surface area contributed by atoms with Gasteiger partial charge in [0.2, 0.25) is 0 Å². The maximum absolute atomic E-state index is 14.4. The number of nitrogens with zero attached hydrogens (tertiary/aromatic N) is 3. The van der Waals surface area contributed by atoms with Crippen LogP contribution in [-0.4, -0.2) is 43.5 Å². The van der Waals surface area contributed by atoms with Gasteiger partial charge in [0.1, 0.15) is 23.2 Å². The first kappa shape index (κ1) is 25.4. The van der Waals surface area contributed by atoms with Gasteiger partial charge in [-0.2, -0.15) is 8.42 Å². The SMILES string of the molecule is CC(C)COc1cc(F)cc(-c2ccc(C(=O)NS(=O)(=O)c3cccc(N)n3)c(N3CCC3C)n2)c1. The van der Waals surface area contributed by atoms with Gasteiger partial charge in [0.15, 0.2) is 5.03 Å². The number of benzene rings is 1. The molecule has 3 N–H and O–H groups in total. The van der Waals surface area contributed by atoms with Gasteiger partial charge in [-0.05, 0) is 55.7 Å². The largest absolute Gasteiger partial charge is 0.493 e. The van der Waals surface area contributed by atoms with Crippen LogP contribution in [0.25, 0.3) is 11.3 Å². The van der Waals surface area contributed by atoms with Crippen LogP contribution in [0.1, 0.15) is 37.6 Å². The third-order valence-corrected chi connectivity index (χ3v) is 6.94. The van der Waals surface area contributed by atoms with E-state index in [1.807, 2.05) is 30.4 Å². The molecule has 1 fully saturated rings. The molecule has 1 saturated heterocycles. The molecule has 3 heterocycles. The van der Waals surface area contributed by atoms with Crippen molar-refractivity contribution in [1.29, 1.82) is 0 Å². The fraction of sp³-hybridized carbons (Fsp3) is 0.320. The molecular formula is C25H28FN5O4S. The van der Waals surface area contributed by atoms with Crippen molar-refractivity contribution < 1.29 is 22.3 Å². The van der Waals surface area contributed by atoms with Gasteiger partial charge in [-0.15, -0.1) is 0 Å². The molecule has 3 aromatic rings. The molecule has 1 aliphatic rings. The second kappa shape index (κ2) is 10.1. The van der Waals surface area contributed by atoms with E-state index in [-0.39, 0.29) is 28.4 Å². The van der Waals surface area contributed by atoms with Crippen molar-refractivity contribution in [2.24, 2.45) is 5.92 Å². The number of pyridine rings is 2. The summed E-state index contributed by atoms with van der Waals surface area (Å²) in [6.07, 6.45) is 0.894. The number of rotatable bonds is 8. The molecular weight excluding hydrogens is 485 g/mol. The van der Waals surface area contributed by atoms with E-state index >= 15 is 0 Å². The number of sulfonamides is 1. The van der Waals surface area contributed by atoms with Crippen LogP contribution in [0.4, 0.5) is 16.0 Å². The number of aromatic nitrogens is 2. The quantitative estimate of drug-likeness (QED) is 0.468. The highest BCUT2D eigenvalue weighted by atomic mass is 32.2. The molecule has 4 rings (SSSR count). The van der Waals surface area contributed by atoms with Crippen LogP contribution in [0.2, 0.25) is 0 Å². The van der Waals surface area contributed by atoms with Gasteiger partial charge in [0.05, 0.1) is 17.9 Å². The van der Waals surface area contributed by atoms with E-state index in [4.69, 9.17) is 10.5 Å². The number of ether oxygens (including phenoxy) is 1. The van der Waals surface area contributed by atoms with E-state index in [2.05, 4.69) is 9.97 Å². The average Bonchev–Trinajstić information content (AvgIpc) is 2.81. The van der Waals surface area contributed by atoms with E-state index < -0.39 is 21.7 Å². The molecule has 1 unspecified atom stereocenters. The summed E-state index contributed by atoms with van der Waals surface area (Å²) in [5, 5.41) is -0.368. The maximum Gasteiger partial charge on any atom is 0.281 e. The monoisotopic (exact) mass is 513 g/mol. The van der Waals surface area contributed by atoms with E-state index in [0.717, 1.165) is 6.42 Å². The van der Waals surface area contributed by atoms with Gasteiger partial charge in [0.25, 0.3) is 15.9 Å². The molecule has 36 heavy (non-hydrogen) atoms. The fourth-order valence-electron chi connectivity index (χ4n) is 3.70. The first-order chi connectivity index (χ1) is 17.0. The summed E-state index contributed by atoms with van der Waals surface area (Å²) in [6.45, 7) is 7.05. The Labute approximate surface area is 209 Å². The van der Waals surface area contributed by atoms with Crippen LogP contribution in [0.5, 0.6) is 5.75 Å². The highest BCUT2D eigenvalue weighted by Gasteiger charge is 2.31. The molecule has 0 radical (unpaired) electrons. The minimum Gasteiger partial charge on any atom is -0.493 e. The maximum atomic E-state index is 14.4. The van der Waals surface area contributed by atoms with Crippen molar-refractivity contribution in [2.75, 3.05) is 23.8 Å². The highest BCUT2D eigenvalue weighted by Crippen LogP contribution is 2.32. The zero-order valence-corrected chi connectivity index (χ0v) is 21.0. The van der Waals surface area contributed by atoms with Gasteiger partial charge >= 0.3 is 0 Å². The summed E-state index contributed by atoms with van der Waals surface area (Å²) in [6, 6.07) is 11.6. The number of nitrogen functional groups attached to an aromatic ring is 1. The van der Waals surface area contributed by atoms with Gasteiger partial charge in [-0.1, -0.05) is 19.9 Å². The number of hydrogen-bond donors (Lipinski definition) is 2. The lowest BCUT2D eigenvalue weighted by Gasteiger charge is -2.40. The van der Waals surface area contributed by atoms with Crippen LogP contribution >= 0.6 is 0 Å². The van der Waals surface area contributed by atoms with E-state index in [9.17, 15) is 17.6 Å². The van der Waals surface area contributed by atoms with Crippen molar-refractivity contribution in [3.05, 3.63) is 59.9 Å². The lowest BCUT2D eigenvalue weighted by atomic mass is 10.0. The van der Waals surface area contributed by atoms with Crippen LogP contribution in [-0.2, 0) is 10.0 Å². The Kier molecular flexibility index (Phi) is 7.11. The minimum absolute atomic E-state index is 0.0123. The van der Waals surface area contributed by atoms with Crippen LogP contribution in [0, 0.1) is 11.7 Å². The van der Waals surface area contributed by atoms with Crippen LogP contribution < -0.4 is 20.1 Å². The second-order valence-electron chi connectivity index (χ2n) is 9.11. The van der Waals surface area contributed by atoms with Crippen LogP contribution in [0.3, 0.4) is 0 Å². The van der Waals surface area contributed by atoms with E-state index in [1.165, 1.54) is 36.4 Å². The Bertz CT molecular complexity index is 1400. The first-order valence-electron chi connectivity index (χ1n) is 11.5. The second-order valence-corrected chi connectivity index (χ2v) is 10.7. The third kappa shape index (κ3) is 5.56. The lowest BCUT2D eigenvalue weighted by molar-refractivity contribution is 0.0981. The predicted octanol–water partition coefficient (Wildman–Crippen LogP) is 3.62. The van der Waals surface area contributed by atoms with Gasteiger partial charge < -0.3 is 15.4 Å². The summed E-state index contributed by atoms with van der Waals surface area (Å²) in [7, 11) is -4.26. The minimum atomic E-state index is -4.26. The molecule has 1 amide bonds. The topological polar surface area (TPSA) is 128 Å². The van der Waals surface area contributed by atoms with Gasteiger partial charge in [0, 0.05) is 24.2 Å². The molecule has 0 bridgehead atoms. The standard InChI is InChI=1S/C25H28FN5O4S/c1-15(2)14-35-19-12-17(11-18(26)13-19)21-8-7-20(24(28-21)31-10-9-16(31)3)25(32)30-36(33,34)23-6-4-5-22(27)29-23/h4-8,11-13,15-16H,9-10,14H2,1-3H3,(H2,27,29)(H,30,32). The van der Waals surface area contributed by atoms with Gasteiger partial charge in [-0.3, -0.25) is 4.79 Å². The zero-order chi connectivity index (χ0) is 26.0. The Balaban J connectivity index is 1.69. The molecule has 1 atom stereocenters. The number of nitrogens with two attached hydrogens (primary N) is 1. The van der Waals surface area contributed by atoms with Crippen molar-refractivity contribution in [1.82, 2.24) is 14.7 Å². The normalized spacial score (nSPS) is 15.5. The summed E-state index contributed by atoms with van der Waals surface area (Å²) in [5.41, 5.74) is 6.57. The number of anilines is 2. The number of hydrogen-bond acceptors (Lipinski definition) is 8. The fourth-order valence-corrected chi connectivity index (χ4v) is 4.64. The Morgan fingerprint density at radius 1 is 1.22 bits per heavy atom. The summed E-state index contributed by atoms with van der Waals surface area (Å²) < 4.78 is 47.5. The average molecular weight is 514 g/mol. The Morgan fingerprint density at radius 2 is 2.00 bits per heavy atom. The number of nitrogens with one attached hydrogen (secondary N) is 1. The molecule has 1 aliphatic heterocycles. The lowest BCUT2D eigenvalue weighted by Crippen LogP contribution is -2.47. The molecule has 11 heteroatoms. The molecule has 2 aromatic heterocycles. The summed E-state index contributed by atoms with van der Waals surface area (Å²) in [5.74, 6) is -0.360. The molecule has 1 aromatic carbocycles. The predicted molar refractivity (Wildman–Crippen MR) is 135 cm³/mol. The highest BCUT2D eigenvalue weighted by molar-refractivity contribution is 7.90. The van der Waals surface area contributed by atoms with Crippen molar-refractivity contribution in [3.8, 4) is 17.0 Å². The van der Waals surface area contributed by atoms with Crippen molar-refractivity contribution in [3.63, 3.8) is 0 Å².